The van der Waals surface area contributed by atoms with Crippen molar-refractivity contribution >= 4 is 17.7 Å². The van der Waals surface area contributed by atoms with Crippen molar-refractivity contribution in [2.24, 2.45) is 0 Å². The molecule has 0 fully saturated rings. The number of rotatable bonds is 9. The van der Waals surface area contributed by atoms with E-state index in [2.05, 4.69) is 0 Å². The first kappa shape index (κ1) is 25.4. The van der Waals surface area contributed by atoms with Gasteiger partial charge in [0.1, 0.15) is 5.56 Å². The van der Waals surface area contributed by atoms with Crippen molar-refractivity contribution in [2.45, 2.75) is 13.8 Å². The molecule has 184 valence electrons. The zero-order chi connectivity index (χ0) is 25.7. The molecule has 0 amide bonds. The lowest BCUT2D eigenvalue weighted by Crippen LogP contribution is -2.16. The Morgan fingerprint density at radius 3 is 2.00 bits per heavy atom. The van der Waals surface area contributed by atoms with Crippen molar-refractivity contribution in [1.82, 2.24) is 4.57 Å². The van der Waals surface area contributed by atoms with Gasteiger partial charge in [0.15, 0.2) is 18.1 Å². The maximum atomic E-state index is 12.9. The van der Waals surface area contributed by atoms with Gasteiger partial charge >= 0.3 is 11.9 Å². The van der Waals surface area contributed by atoms with E-state index >= 15 is 0 Å². The molecule has 1 aromatic heterocycles. The summed E-state index contributed by atoms with van der Waals surface area (Å²) in [5.74, 6) is -0.729. The molecule has 9 nitrogen and oxygen atoms in total. The lowest BCUT2D eigenvalue weighted by atomic mass is 10.1. The van der Waals surface area contributed by atoms with E-state index in [1.165, 1.54) is 34.5 Å². The Balaban J connectivity index is 1.80. The van der Waals surface area contributed by atoms with Crippen LogP contribution < -0.4 is 14.2 Å². The summed E-state index contributed by atoms with van der Waals surface area (Å²) < 4.78 is 27.7. The topological polar surface area (TPSA) is 102 Å². The minimum Gasteiger partial charge on any atom is -0.493 e. The highest BCUT2D eigenvalue weighted by Gasteiger charge is 2.24. The standard InChI is InChI=1S/C26H27NO8/c1-15-13-20(16(2)27(15)18-9-7-17(8-10-18)25(29)34-6)21(28)14-35-26(30)19-11-12-22(31-3)24(33-5)23(19)32-4/h7-13H,14H2,1-6H3. The first-order chi connectivity index (χ1) is 16.8. The number of hydrogen-bond donors (Lipinski definition) is 0. The van der Waals surface area contributed by atoms with E-state index in [-0.39, 0.29) is 22.8 Å². The molecule has 9 heteroatoms. The first-order valence-electron chi connectivity index (χ1n) is 10.6. The monoisotopic (exact) mass is 481 g/mol. The van der Waals surface area contributed by atoms with Gasteiger partial charge in [-0.15, -0.1) is 0 Å². The zero-order valence-electron chi connectivity index (χ0n) is 20.5. The zero-order valence-corrected chi connectivity index (χ0v) is 20.5. The number of aromatic nitrogens is 1. The van der Waals surface area contributed by atoms with E-state index in [4.69, 9.17) is 23.7 Å². The van der Waals surface area contributed by atoms with Gasteiger partial charge in [0.25, 0.3) is 0 Å². The highest BCUT2D eigenvalue weighted by molar-refractivity contribution is 6.01. The normalized spacial score (nSPS) is 10.5. The number of nitrogens with zero attached hydrogens (tertiary/aromatic N) is 1. The fourth-order valence-electron chi connectivity index (χ4n) is 3.86. The Hall–Kier alpha value is -4.27. The summed E-state index contributed by atoms with van der Waals surface area (Å²) in [4.78, 5) is 37.3. The second-order valence-electron chi connectivity index (χ2n) is 7.54. The summed E-state index contributed by atoms with van der Waals surface area (Å²) >= 11 is 0. The predicted octanol–water partition coefficient (Wildman–Crippen LogP) is 3.95. The van der Waals surface area contributed by atoms with Gasteiger partial charge in [0.2, 0.25) is 11.5 Å². The molecular formula is C26H27NO8. The summed E-state index contributed by atoms with van der Waals surface area (Å²) in [6.07, 6.45) is 0. The molecule has 0 aliphatic carbocycles. The van der Waals surface area contributed by atoms with Crippen LogP contribution in [0.4, 0.5) is 0 Å². The van der Waals surface area contributed by atoms with Crippen LogP contribution in [-0.4, -0.2) is 57.3 Å². The van der Waals surface area contributed by atoms with E-state index in [1.807, 2.05) is 11.5 Å². The molecule has 3 rings (SSSR count). The van der Waals surface area contributed by atoms with Crippen molar-refractivity contribution in [3.05, 3.63) is 70.5 Å². The smallest absolute Gasteiger partial charge is 0.342 e. The molecule has 0 aliphatic rings. The number of ketones is 1. The number of hydrogen-bond acceptors (Lipinski definition) is 8. The fraction of sp³-hybridized carbons (Fsp3) is 0.269. The van der Waals surface area contributed by atoms with Crippen molar-refractivity contribution in [3.8, 4) is 22.9 Å². The molecule has 3 aromatic rings. The van der Waals surface area contributed by atoms with Gasteiger partial charge in [-0.25, -0.2) is 9.59 Å². The molecule has 2 aromatic carbocycles. The largest absolute Gasteiger partial charge is 0.493 e. The van der Waals surface area contributed by atoms with E-state index in [0.717, 1.165) is 11.4 Å². The predicted molar refractivity (Wildman–Crippen MR) is 127 cm³/mol. The molecule has 0 saturated heterocycles. The molecule has 0 spiro atoms. The van der Waals surface area contributed by atoms with E-state index in [9.17, 15) is 14.4 Å². The minimum atomic E-state index is -0.733. The van der Waals surface area contributed by atoms with Gasteiger partial charge < -0.3 is 28.3 Å². The van der Waals surface area contributed by atoms with Crippen LogP contribution in [0.15, 0.2) is 42.5 Å². The average molecular weight is 482 g/mol. The molecule has 0 bridgehead atoms. The minimum absolute atomic E-state index is 0.106. The SMILES string of the molecule is COC(=O)c1ccc(-n2c(C)cc(C(=O)COC(=O)c3ccc(OC)c(OC)c3OC)c2C)cc1. The highest BCUT2D eigenvalue weighted by Crippen LogP contribution is 2.40. The van der Waals surface area contributed by atoms with Crippen LogP contribution in [-0.2, 0) is 9.47 Å². The Kier molecular flexibility index (Phi) is 7.80. The summed E-state index contributed by atoms with van der Waals surface area (Å²) in [6.45, 7) is 3.20. The van der Waals surface area contributed by atoms with E-state index in [1.54, 1.807) is 43.3 Å². The Labute approximate surface area is 203 Å². The van der Waals surface area contributed by atoms with Crippen LogP contribution in [0.2, 0.25) is 0 Å². The third-order valence-corrected chi connectivity index (χ3v) is 5.54. The number of aryl methyl sites for hydroxylation is 1. The lowest BCUT2D eigenvalue weighted by molar-refractivity contribution is 0.0470. The van der Waals surface area contributed by atoms with Crippen molar-refractivity contribution in [3.63, 3.8) is 0 Å². The molecule has 0 N–H and O–H groups in total. The average Bonchev–Trinajstić information content (AvgIpc) is 3.18. The number of carbonyl (C=O) groups is 3. The summed E-state index contributed by atoms with van der Waals surface area (Å²) in [7, 11) is 5.61. The second kappa shape index (κ2) is 10.8. The maximum absolute atomic E-state index is 12.9. The Morgan fingerprint density at radius 1 is 0.771 bits per heavy atom. The molecule has 0 atom stereocenters. The fourth-order valence-corrected chi connectivity index (χ4v) is 3.86. The molecule has 0 saturated carbocycles. The molecular weight excluding hydrogens is 454 g/mol. The van der Waals surface area contributed by atoms with Crippen LogP contribution in [0.3, 0.4) is 0 Å². The lowest BCUT2D eigenvalue weighted by Gasteiger charge is -2.15. The highest BCUT2D eigenvalue weighted by atomic mass is 16.5. The summed E-state index contributed by atoms with van der Waals surface area (Å²) in [5.41, 5.74) is 3.22. The summed E-state index contributed by atoms with van der Waals surface area (Å²) in [6, 6.07) is 11.6. The summed E-state index contributed by atoms with van der Waals surface area (Å²) in [5, 5.41) is 0. The van der Waals surface area contributed by atoms with Crippen LogP contribution in [0.5, 0.6) is 17.2 Å². The van der Waals surface area contributed by atoms with Crippen molar-refractivity contribution in [1.29, 1.82) is 0 Å². The van der Waals surface area contributed by atoms with Gasteiger partial charge in [0.05, 0.1) is 34.0 Å². The van der Waals surface area contributed by atoms with E-state index in [0.29, 0.717) is 22.6 Å². The van der Waals surface area contributed by atoms with Crippen molar-refractivity contribution in [2.75, 3.05) is 35.0 Å². The first-order valence-corrected chi connectivity index (χ1v) is 10.6. The molecule has 1 heterocycles. The van der Waals surface area contributed by atoms with Crippen LogP contribution in [0, 0.1) is 13.8 Å². The number of benzene rings is 2. The van der Waals surface area contributed by atoms with Crippen LogP contribution in [0.1, 0.15) is 42.5 Å². The number of esters is 2. The Bertz CT molecular complexity index is 1260. The van der Waals surface area contributed by atoms with E-state index < -0.39 is 18.5 Å². The quantitative estimate of drug-likeness (QED) is 0.334. The number of methoxy groups -OCH3 is 4. The second-order valence-corrected chi connectivity index (χ2v) is 7.54. The Morgan fingerprint density at radius 2 is 1.43 bits per heavy atom. The van der Waals surface area contributed by atoms with Gasteiger partial charge in [-0.05, 0) is 56.3 Å². The van der Waals surface area contributed by atoms with Gasteiger partial charge in [-0.3, -0.25) is 4.79 Å². The van der Waals surface area contributed by atoms with Crippen molar-refractivity contribution < 1.29 is 38.1 Å². The number of carbonyl (C=O) groups excluding carboxylic acids is 3. The molecule has 35 heavy (non-hydrogen) atoms. The third kappa shape index (κ3) is 4.98. The maximum Gasteiger partial charge on any atom is 0.342 e. The number of Topliss-reactive ketones (excluding diaryl/α,β-unsaturated/α-hetero) is 1. The number of ether oxygens (including phenoxy) is 5. The van der Waals surface area contributed by atoms with Gasteiger partial charge in [-0.2, -0.15) is 0 Å². The van der Waals surface area contributed by atoms with Gasteiger partial charge in [-0.1, -0.05) is 0 Å². The van der Waals surface area contributed by atoms with Gasteiger partial charge in [0, 0.05) is 22.6 Å². The van der Waals surface area contributed by atoms with Crippen LogP contribution >= 0.6 is 0 Å². The third-order valence-electron chi connectivity index (χ3n) is 5.54. The molecule has 0 aliphatic heterocycles. The van der Waals surface area contributed by atoms with Crippen LogP contribution in [0.25, 0.3) is 5.69 Å². The molecule has 0 radical (unpaired) electrons. The molecule has 0 unspecified atom stereocenters.